The van der Waals surface area contributed by atoms with Crippen LogP contribution in [0.5, 0.6) is 0 Å². The van der Waals surface area contributed by atoms with E-state index >= 15 is 0 Å². The van der Waals surface area contributed by atoms with Crippen LogP contribution in [0.4, 0.5) is 5.82 Å². The summed E-state index contributed by atoms with van der Waals surface area (Å²) < 4.78 is 0. The number of hydrogen-bond donors (Lipinski definition) is 2. The molecular formula is C16H24N4O. The Hall–Kier alpha value is -1.62. The van der Waals surface area contributed by atoms with Gasteiger partial charge in [0.25, 0.3) is 0 Å². The molecule has 2 fully saturated rings. The molecule has 3 heterocycles. The topological polar surface area (TPSA) is 57.3 Å². The zero-order valence-electron chi connectivity index (χ0n) is 12.8. The van der Waals surface area contributed by atoms with Gasteiger partial charge in [-0.2, -0.15) is 0 Å². The number of nitrogens with zero attached hydrogens (tertiary/aromatic N) is 2. The predicted molar refractivity (Wildman–Crippen MR) is 83.2 cm³/mol. The summed E-state index contributed by atoms with van der Waals surface area (Å²) in [6.07, 6.45) is 4.02. The van der Waals surface area contributed by atoms with E-state index in [4.69, 9.17) is 0 Å². The first-order valence-electron chi connectivity index (χ1n) is 7.94. The van der Waals surface area contributed by atoms with Crippen molar-refractivity contribution in [3.8, 4) is 0 Å². The van der Waals surface area contributed by atoms with Crippen molar-refractivity contribution in [1.82, 2.24) is 15.6 Å². The zero-order valence-corrected chi connectivity index (χ0v) is 12.8. The van der Waals surface area contributed by atoms with Crippen LogP contribution in [0.1, 0.15) is 38.3 Å². The fourth-order valence-corrected chi connectivity index (χ4v) is 3.48. The number of anilines is 1. The number of pyridine rings is 1. The second-order valence-electron chi connectivity index (χ2n) is 5.98. The SMILES string of the molecule is CCNC(C)c1ccc(N2CCCC3C(=O)NCC32)nc1. The Balaban J connectivity index is 1.76. The van der Waals surface area contributed by atoms with Gasteiger partial charge in [-0.05, 0) is 37.9 Å². The largest absolute Gasteiger partial charge is 0.354 e. The number of amides is 1. The summed E-state index contributed by atoms with van der Waals surface area (Å²) in [5.74, 6) is 1.34. The second kappa shape index (κ2) is 6.02. The Morgan fingerprint density at radius 3 is 3.10 bits per heavy atom. The summed E-state index contributed by atoms with van der Waals surface area (Å²) in [6.45, 7) is 6.95. The van der Waals surface area contributed by atoms with Crippen LogP contribution in [0.3, 0.4) is 0 Å². The maximum absolute atomic E-state index is 11.8. The summed E-state index contributed by atoms with van der Waals surface area (Å²) in [6, 6.07) is 4.83. The molecule has 0 spiro atoms. The van der Waals surface area contributed by atoms with E-state index in [-0.39, 0.29) is 17.9 Å². The molecule has 0 aromatic carbocycles. The lowest BCUT2D eigenvalue weighted by Gasteiger charge is -2.36. The summed E-state index contributed by atoms with van der Waals surface area (Å²) in [4.78, 5) is 18.8. The van der Waals surface area contributed by atoms with Gasteiger partial charge in [-0.1, -0.05) is 13.0 Å². The number of aromatic nitrogens is 1. The minimum absolute atomic E-state index is 0.140. The molecule has 0 aliphatic carbocycles. The Labute approximate surface area is 126 Å². The van der Waals surface area contributed by atoms with Crippen molar-refractivity contribution in [3.05, 3.63) is 23.9 Å². The van der Waals surface area contributed by atoms with Crippen molar-refractivity contribution in [1.29, 1.82) is 0 Å². The van der Waals surface area contributed by atoms with Gasteiger partial charge in [-0.3, -0.25) is 4.79 Å². The van der Waals surface area contributed by atoms with Crippen molar-refractivity contribution in [2.24, 2.45) is 5.92 Å². The third kappa shape index (κ3) is 2.75. The van der Waals surface area contributed by atoms with Crippen molar-refractivity contribution in [2.75, 3.05) is 24.5 Å². The Morgan fingerprint density at radius 2 is 2.38 bits per heavy atom. The molecule has 2 N–H and O–H groups in total. The van der Waals surface area contributed by atoms with Crippen LogP contribution in [0.2, 0.25) is 0 Å². The highest BCUT2D eigenvalue weighted by atomic mass is 16.2. The fourth-order valence-electron chi connectivity index (χ4n) is 3.48. The number of fused-ring (bicyclic) bond motifs is 1. The molecule has 2 saturated heterocycles. The first-order chi connectivity index (χ1) is 10.2. The number of nitrogens with one attached hydrogen (secondary N) is 2. The molecule has 0 radical (unpaired) electrons. The molecule has 1 aromatic rings. The van der Waals surface area contributed by atoms with Gasteiger partial charge in [-0.15, -0.1) is 0 Å². The Morgan fingerprint density at radius 1 is 1.52 bits per heavy atom. The molecule has 3 rings (SSSR count). The molecule has 1 aromatic heterocycles. The number of hydrogen-bond acceptors (Lipinski definition) is 4. The first kappa shape index (κ1) is 14.3. The molecule has 114 valence electrons. The Kier molecular flexibility index (Phi) is 4.10. The van der Waals surface area contributed by atoms with Crippen LogP contribution in [-0.4, -0.2) is 36.6 Å². The van der Waals surface area contributed by atoms with Gasteiger partial charge in [0.15, 0.2) is 0 Å². The van der Waals surface area contributed by atoms with Crippen LogP contribution < -0.4 is 15.5 Å². The third-order valence-corrected chi connectivity index (χ3v) is 4.68. The maximum Gasteiger partial charge on any atom is 0.225 e. The molecule has 0 bridgehead atoms. The number of piperidine rings is 1. The summed E-state index contributed by atoms with van der Waals surface area (Å²) in [5, 5.41) is 6.38. The molecule has 5 nitrogen and oxygen atoms in total. The van der Waals surface area contributed by atoms with Gasteiger partial charge >= 0.3 is 0 Å². The summed E-state index contributed by atoms with van der Waals surface area (Å²) in [7, 11) is 0. The van der Waals surface area contributed by atoms with Gasteiger partial charge in [0, 0.05) is 25.3 Å². The monoisotopic (exact) mass is 288 g/mol. The van der Waals surface area contributed by atoms with Crippen LogP contribution in [0.15, 0.2) is 18.3 Å². The van der Waals surface area contributed by atoms with Gasteiger partial charge < -0.3 is 15.5 Å². The average Bonchev–Trinajstić information content (AvgIpc) is 2.89. The molecule has 0 saturated carbocycles. The molecule has 3 atom stereocenters. The smallest absolute Gasteiger partial charge is 0.225 e. The molecule has 3 unspecified atom stereocenters. The van der Waals surface area contributed by atoms with Crippen molar-refractivity contribution >= 4 is 11.7 Å². The van der Waals surface area contributed by atoms with E-state index in [1.807, 2.05) is 6.20 Å². The summed E-state index contributed by atoms with van der Waals surface area (Å²) in [5.41, 5.74) is 1.20. The average molecular weight is 288 g/mol. The molecular weight excluding hydrogens is 264 g/mol. The lowest BCUT2D eigenvalue weighted by atomic mass is 9.91. The van der Waals surface area contributed by atoms with Crippen LogP contribution >= 0.6 is 0 Å². The second-order valence-corrected chi connectivity index (χ2v) is 5.98. The molecule has 21 heavy (non-hydrogen) atoms. The number of carbonyl (C=O) groups is 1. The van der Waals surface area contributed by atoms with E-state index in [1.54, 1.807) is 0 Å². The number of rotatable bonds is 4. The minimum Gasteiger partial charge on any atom is -0.354 e. The van der Waals surface area contributed by atoms with Gasteiger partial charge in [0.05, 0.1) is 12.0 Å². The molecule has 2 aliphatic heterocycles. The maximum atomic E-state index is 11.8. The number of carbonyl (C=O) groups excluding carboxylic acids is 1. The van der Waals surface area contributed by atoms with E-state index in [0.717, 1.165) is 38.3 Å². The molecule has 1 amide bonds. The quantitative estimate of drug-likeness (QED) is 0.881. The Bertz CT molecular complexity index is 502. The van der Waals surface area contributed by atoms with E-state index < -0.39 is 0 Å². The standard InChI is InChI=1S/C16H24N4O/c1-3-17-11(2)12-6-7-15(18-9-12)20-8-4-5-13-14(20)10-19-16(13)21/h6-7,9,11,13-14,17H,3-5,8,10H2,1-2H3,(H,19,21). The van der Waals surface area contributed by atoms with Crippen LogP contribution in [0, 0.1) is 5.92 Å². The van der Waals surface area contributed by atoms with Gasteiger partial charge in [0.1, 0.15) is 5.82 Å². The van der Waals surface area contributed by atoms with Gasteiger partial charge in [0.2, 0.25) is 5.91 Å². The van der Waals surface area contributed by atoms with Crippen LogP contribution in [0.25, 0.3) is 0 Å². The van der Waals surface area contributed by atoms with Crippen molar-refractivity contribution in [3.63, 3.8) is 0 Å². The van der Waals surface area contributed by atoms with E-state index in [2.05, 4.69) is 46.5 Å². The lowest BCUT2D eigenvalue weighted by Crippen LogP contribution is -2.46. The van der Waals surface area contributed by atoms with Crippen molar-refractivity contribution in [2.45, 2.75) is 38.8 Å². The summed E-state index contributed by atoms with van der Waals surface area (Å²) >= 11 is 0. The van der Waals surface area contributed by atoms with E-state index in [0.29, 0.717) is 6.04 Å². The zero-order chi connectivity index (χ0) is 14.8. The minimum atomic E-state index is 0.140. The third-order valence-electron chi connectivity index (χ3n) is 4.68. The first-order valence-corrected chi connectivity index (χ1v) is 7.94. The highest BCUT2D eigenvalue weighted by Gasteiger charge is 2.41. The normalized spacial score (nSPS) is 26.4. The van der Waals surface area contributed by atoms with Gasteiger partial charge in [-0.25, -0.2) is 4.98 Å². The lowest BCUT2D eigenvalue weighted by molar-refractivity contribution is -0.122. The molecule has 5 heteroatoms. The van der Waals surface area contributed by atoms with E-state index in [9.17, 15) is 4.79 Å². The van der Waals surface area contributed by atoms with Crippen molar-refractivity contribution < 1.29 is 4.79 Å². The van der Waals surface area contributed by atoms with E-state index in [1.165, 1.54) is 5.56 Å². The predicted octanol–water partition coefficient (Wildman–Crippen LogP) is 1.47. The highest BCUT2D eigenvalue weighted by molar-refractivity contribution is 5.83. The van der Waals surface area contributed by atoms with Crippen LogP contribution in [-0.2, 0) is 4.79 Å². The highest BCUT2D eigenvalue weighted by Crippen LogP contribution is 2.30. The fraction of sp³-hybridized carbons (Fsp3) is 0.625. The molecule has 2 aliphatic rings.